The minimum absolute atomic E-state index is 0. The highest BCUT2D eigenvalue weighted by molar-refractivity contribution is 14.0. The fourth-order valence-corrected chi connectivity index (χ4v) is 3.11. The molecule has 6 heteroatoms. The fourth-order valence-electron chi connectivity index (χ4n) is 3.11. The summed E-state index contributed by atoms with van der Waals surface area (Å²) in [4.78, 5) is 7.08. The van der Waals surface area contributed by atoms with Crippen LogP contribution in [0.5, 0.6) is 0 Å². The SMILES string of the molecule is CCNC(=NCc1cc(CC)no1)N1CCC(=Cc2ccccc2)CC1.I. The van der Waals surface area contributed by atoms with Crippen molar-refractivity contribution < 1.29 is 4.52 Å². The molecule has 0 spiro atoms. The Hall–Kier alpha value is -1.83. The van der Waals surface area contributed by atoms with Gasteiger partial charge < -0.3 is 14.7 Å². The van der Waals surface area contributed by atoms with E-state index in [0.717, 1.165) is 56.3 Å². The van der Waals surface area contributed by atoms with Gasteiger partial charge in [0.05, 0.1) is 5.69 Å². The van der Waals surface area contributed by atoms with Crippen LogP contribution in [0.3, 0.4) is 0 Å². The predicted octanol–water partition coefficient (Wildman–Crippen LogP) is 4.50. The molecule has 0 aliphatic carbocycles. The number of aryl methyl sites for hydroxylation is 1. The summed E-state index contributed by atoms with van der Waals surface area (Å²) in [7, 11) is 0. The summed E-state index contributed by atoms with van der Waals surface area (Å²) in [6.45, 7) is 7.53. The lowest BCUT2D eigenvalue weighted by Crippen LogP contribution is -2.44. The molecule has 1 aliphatic heterocycles. The monoisotopic (exact) mass is 480 g/mol. The van der Waals surface area contributed by atoms with Gasteiger partial charge in [0.25, 0.3) is 0 Å². The zero-order chi connectivity index (χ0) is 18.2. The molecule has 1 aromatic heterocycles. The lowest BCUT2D eigenvalue weighted by molar-refractivity contribution is 0.366. The van der Waals surface area contributed by atoms with Gasteiger partial charge in [-0.25, -0.2) is 4.99 Å². The number of benzene rings is 1. The Balaban J connectivity index is 0.00000261. The summed E-state index contributed by atoms with van der Waals surface area (Å²) < 4.78 is 5.34. The second-order valence-electron chi connectivity index (χ2n) is 6.51. The standard InChI is InChI=1S/C21H28N4O.HI/c1-3-19-15-20(26-24-19)16-23-21(22-4-2)25-12-10-18(11-13-25)14-17-8-6-5-7-9-17;/h5-9,14-15H,3-4,10-13,16H2,1-2H3,(H,22,23);1H. The number of piperidine rings is 1. The number of nitrogens with one attached hydrogen (secondary N) is 1. The third-order valence-corrected chi connectivity index (χ3v) is 4.57. The molecule has 3 rings (SSSR count). The molecule has 0 amide bonds. The minimum atomic E-state index is 0. The highest BCUT2D eigenvalue weighted by Crippen LogP contribution is 2.19. The van der Waals surface area contributed by atoms with Crippen LogP contribution in [0.2, 0.25) is 0 Å². The maximum Gasteiger partial charge on any atom is 0.194 e. The number of guanidine groups is 1. The van der Waals surface area contributed by atoms with E-state index in [2.05, 4.69) is 65.6 Å². The first-order valence-corrected chi connectivity index (χ1v) is 9.50. The number of rotatable bonds is 5. The lowest BCUT2D eigenvalue weighted by Gasteiger charge is -2.31. The van der Waals surface area contributed by atoms with Crippen LogP contribution in [0.25, 0.3) is 6.08 Å². The Labute approximate surface area is 178 Å². The van der Waals surface area contributed by atoms with E-state index in [4.69, 9.17) is 9.52 Å². The minimum Gasteiger partial charge on any atom is -0.359 e. The van der Waals surface area contributed by atoms with E-state index in [1.165, 1.54) is 11.1 Å². The van der Waals surface area contributed by atoms with Gasteiger partial charge in [0.15, 0.2) is 11.7 Å². The van der Waals surface area contributed by atoms with Gasteiger partial charge in [-0.3, -0.25) is 0 Å². The Bertz CT molecular complexity index is 745. The average molecular weight is 480 g/mol. The van der Waals surface area contributed by atoms with Crippen molar-refractivity contribution in [3.8, 4) is 0 Å². The summed E-state index contributed by atoms with van der Waals surface area (Å²) in [5.41, 5.74) is 3.77. The summed E-state index contributed by atoms with van der Waals surface area (Å²) in [5, 5.41) is 7.44. The van der Waals surface area contributed by atoms with Crippen LogP contribution in [0, 0.1) is 0 Å². The van der Waals surface area contributed by atoms with E-state index < -0.39 is 0 Å². The molecule has 0 bridgehead atoms. The van der Waals surface area contributed by atoms with E-state index >= 15 is 0 Å². The Morgan fingerprint density at radius 1 is 1.22 bits per heavy atom. The molecule has 1 aromatic carbocycles. The summed E-state index contributed by atoms with van der Waals surface area (Å²) >= 11 is 0. The van der Waals surface area contributed by atoms with E-state index in [0.29, 0.717) is 6.54 Å². The van der Waals surface area contributed by atoms with Gasteiger partial charge in [0.1, 0.15) is 6.54 Å². The summed E-state index contributed by atoms with van der Waals surface area (Å²) in [6.07, 6.45) is 5.35. The molecule has 5 nitrogen and oxygen atoms in total. The molecule has 0 atom stereocenters. The number of halogens is 1. The second-order valence-corrected chi connectivity index (χ2v) is 6.51. The zero-order valence-corrected chi connectivity index (χ0v) is 18.5. The van der Waals surface area contributed by atoms with Crippen molar-refractivity contribution >= 4 is 36.0 Å². The molecule has 146 valence electrons. The maximum atomic E-state index is 5.34. The van der Waals surface area contributed by atoms with E-state index in [-0.39, 0.29) is 24.0 Å². The van der Waals surface area contributed by atoms with Gasteiger partial charge in [-0.05, 0) is 31.7 Å². The van der Waals surface area contributed by atoms with E-state index in [1.54, 1.807) is 0 Å². The van der Waals surface area contributed by atoms with E-state index in [9.17, 15) is 0 Å². The Morgan fingerprint density at radius 3 is 2.59 bits per heavy atom. The van der Waals surface area contributed by atoms with Crippen molar-refractivity contribution in [2.45, 2.75) is 39.7 Å². The van der Waals surface area contributed by atoms with Crippen molar-refractivity contribution in [1.82, 2.24) is 15.4 Å². The van der Waals surface area contributed by atoms with Gasteiger partial charge in [0.2, 0.25) is 0 Å². The van der Waals surface area contributed by atoms with E-state index in [1.807, 2.05) is 6.07 Å². The molecule has 27 heavy (non-hydrogen) atoms. The maximum absolute atomic E-state index is 5.34. The molecular formula is C21H29IN4O. The van der Waals surface area contributed by atoms with Crippen molar-refractivity contribution in [1.29, 1.82) is 0 Å². The molecule has 2 heterocycles. The first-order valence-electron chi connectivity index (χ1n) is 9.50. The number of aliphatic imine (C=N–C) groups is 1. The van der Waals surface area contributed by atoms with Crippen molar-refractivity contribution in [2.75, 3.05) is 19.6 Å². The van der Waals surface area contributed by atoms with Crippen LogP contribution in [0.15, 0.2) is 51.5 Å². The largest absolute Gasteiger partial charge is 0.359 e. The fraction of sp³-hybridized carbons (Fsp3) is 0.429. The van der Waals surface area contributed by atoms with Crippen molar-refractivity contribution in [3.63, 3.8) is 0 Å². The third kappa shape index (κ3) is 6.37. The first kappa shape index (κ1) is 21.5. The Morgan fingerprint density at radius 2 is 1.96 bits per heavy atom. The van der Waals surface area contributed by atoms with Crippen LogP contribution in [-0.2, 0) is 13.0 Å². The molecule has 1 aliphatic rings. The van der Waals surface area contributed by atoms with Crippen LogP contribution in [0.4, 0.5) is 0 Å². The quantitative estimate of drug-likeness (QED) is 0.389. The van der Waals surface area contributed by atoms with Crippen molar-refractivity contribution in [3.05, 3.63) is 59.0 Å². The lowest BCUT2D eigenvalue weighted by atomic mass is 10.0. The topological polar surface area (TPSA) is 53.7 Å². The highest BCUT2D eigenvalue weighted by Gasteiger charge is 2.17. The molecule has 2 aromatic rings. The number of hydrogen-bond donors (Lipinski definition) is 1. The highest BCUT2D eigenvalue weighted by atomic mass is 127. The van der Waals surface area contributed by atoms with Gasteiger partial charge in [-0.15, -0.1) is 24.0 Å². The van der Waals surface area contributed by atoms with Crippen molar-refractivity contribution in [2.24, 2.45) is 4.99 Å². The summed E-state index contributed by atoms with van der Waals surface area (Å²) in [6, 6.07) is 12.5. The second kappa shape index (κ2) is 11.1. The number of aromatic nitrogens is 1. The zero-order valence-electron chi connectivity index (χ0n) is 16.1. The van der Waals surface area contributed by atoms with Crippen LogP contribution in [-0.4, -0.2) is 35.7 Å². The van der Waals surface area contributed by atoms with Gasteiger partial charge in [0, 0.05) is 25.7 Å². The predicted molar refractivity (Wildman–Crippen MR) is 121 cm³/mol. The van der Waals surface area contributed by atoms with Gasteiger partial charge >= 0.3 is 0 Å². The average Bonchev–Trinajstić information content (AvgIpc) is 3.15. The molecule has 0 unspecified atom stereocenters. The summed E-state index contributed by atoms with van der Waals surface area (Å²) in [5.74, 6) is 1.78. The van der Waals surface area contributed by atoms with Gasteiger partial charge in [-0.1, -0.05) is 54.1 Å². The van der Waals surface area contributed by atoms with Crippen LogP contribution in [0.1, 0.15) is 43.7 Å². The van der Waals surface area contributed by atoms with Crippen LogP contribution < -0.4 is 5.32 Å². The molecule has 1 saturated heterocycles. The van der Waals surface area contributed by atoms with Gasteiger partial charge in [-0.2, -0.15) is 0 Å². The number of hydrogen-bond acceptors (Lipinski definition) is 3. The Kier molecular flexibility index (Phi) is 8.84. The molecule has 1 fully saturated rings. The molecule has 1 N–H and O–H groups in total. The molecular weight excluding hydrogens is 451 g/mol. The molecule has 0 saturated carbocycles. The third-order valence-electron chi connectivity index (χ3n) is 4.57. The van der Waals surface area contributed by atoms with Crippen LogP contribution >= 0.6 is 24.0 Å². The number of nitrogens with zero attached hydrogens (tertiary/aromatic N) is 3. The smallest absolute Gasteiger partial charge is 0.194 e. The number of likely N-dealkylation sites (tertiary alicyclic amines) is 1. The first-order chi connectivity index (χ1) is 12.8. The molecule has 0 radical (unpaired) electrons. The normalized spacial score (nSPS) is 14.7.